The van der Waals surface area contributed by atoms with E-state index in [-0.39, 0.29) is 29.4 Å². The summed E-state index contributed by atoms with van der Waals surface area (Å²) in [6, 6.07) is 13.9. The molecule has 0 atom stereocenters. The number of thioether (sulfide) groups is 1. The number of fused-ring (bicyclic) bond motifs is 1. The van der Waals surface area contributed by atoms with Gasteiger partial charge in [0.05, 0.1) is 23.4 Å². The molecule has 0 saturated heterocycles. The zero-order chi connectivity index (χ0) is 22.7. The number of aryl methyl sites for hydroxylation is 2. The fourth-order valence-corrected chi connectivity index (χ4v) is 6.47. The van der Waals surface area contributed by atoms with Gasteiger partial charge in [-0.05, 0) is 43.7 Å². The first-order chi connectivity index (χ1) is 15.3. The molecule has 4 rings (SSSR count). The van der Waals surface area contributed by atoms with Gasteiger partial charge in [0.1, 0.15) is 10.6 Å². The Balaban J connectivity index is 1.61. The van der Waals surface area contributed by atoms with E-state index in [4.69, 9.17) is 9.17 Å². The monoisotopic (exact) mass is 487 g/mol. The first-order valence-electron chi connectivity index (χ1n) is 9.84. The van der Waals surface area contributed by atoms with E-state index in [0.29, 0.717) is 15.4 Å². The molecular formula is C22H21N3O4S3. The predicted molar refractivity (Wildman–Crippen MR) is 128 cm³/mol. The van der Waals surface area contributed by atoms with Crippen molar-refractivity contribution in [2.75, 3.05) is 11.5 Å². The third-order valence-electron chi connectivity index (χ3n) is 4.83. The van der Waals surface area contributed by atoms with Gasteiger partial charge in [-0.3, -0.25) is 14.3 Å². The Kier molecular flexibility index (Phi) is 6.63. The highest BCUT2D eigenvalue weighted by Crippen LogP contribution is 2.28. The largest absolute Gasteiger partial charge is 0.382 e. The van der Waals surface area contributed by atoms with E-state index in [1.165, 1.54) is 23.1 Å². The Hall–Kier alpha value is -2.69. The molecule has 0 N–H and O–H groups in total. The summed E-state index contributed by atoms with van der Waals surface area (Å²) in [5.74, 6) is 0.249. The zero-order valence-corrected chi connectivity index (χ0v) is 20.0. The number of hydrogen-bond donors (Lipinski definition) is 0. The second-order valence-corrected chi connectivity index (χ2v) is 11.0. The molecule has 10 heteroatoms. The van der Waals surface area contributed by atoms with Crippen LogP contribution >= 0.6 is 23.1 Å². The summed E-state index contributed by atoms with van der Waals surface area (Å²) in [5, 5.41) is 1.07. The Morgan fingerprint density at radius 2 is 1.84 bits per heavy atom. The molecule has 0 aliphatic heterocycles. The van der Waals surface area contributed by atoms with E-state index in [2.05, 4.69) is 4.98 Å². The van der Waals surface area contributed by atoms with E-state index in [1.807, 2.05) is 32.0 Å². The summed E-state index contributed by atoms with van der Waals surface area (Å²) in [4.78, 5) is 24.1. The molecule has 0 spiro atoms. The maximum atomic E-state index is 13.3. The highest BCUT2D eigenvalue weighted by atomic mass is 32.2. The van der Waals surface area contributed by atoms with Gasteiger partial charge in [0.25, 0.3) is 5.56 Å². The number of pyridine rings is 1. The lowest BCUT2D eigenvalue weighted by Gasteiger charge is -2.12. The van der Waals surface area contributed by atoms with E-state index in [0.717, 1.165) is 16.1 Å². The summed E-state index contributed by atoms with van der Waals surface area (Å²) >= 11 is 2.69. The number of aromatic nitrogens is 3. The molecule has 4 aromatic rings. The summed E-state index contributed by atoms with van der Waals surface area (Å²) in [6.45, 7) is 4.14. The van der Waals surface area contributed by atoms with E-state index in [1.54, 1.807) is 41.1 Å². The van der Waals surface area contributed by atoms with Crippen LogP contribution in [0.15, 0.2) is 64.7 Å². The average Bonchev–Trinajstić information content (AvgIpc) is 3.05. The molecule has 1 aromatic carbocycles. The van der Waals surface area contributed by atoms with Gasteiger partial charge in [0.2, 0.25) is 0 Å². The maximum absolute atomic E-state index is 13.3. The van der Waals surface area contributed by atoms with Crippen LogP contribution in [0.1, 0.15) is 16.1 Å². The van der Waals surface area contributed by atoms with Crippen molar-refractivity contribution in [1.29, 1.82) is 0 Å². The molecule has 166 valence electrons. The molecule has 32 heavy (non-hydrogen) atoms. The summed E-state index contributed by atoms with van der Waals surface area (Å²) < 4.78 is 31.4. The van der Waals surface area contributed by atoms with Crippen LogP contribution in [0.5, 0.6) is 5.75 Å². The molecule has 3 heterocycles. The number of hydrogen-bond acceptors (Lipinski definition) is 8. The molecule has 7 nitrogen and oxygen atoms in total. The van der Waals surface area contributed by atoms with Crippen LogP contribution in [-0.2, 0) is 16.7 Å². The summed E-state index contributed by atoms with van der Waals surface area (Å²) in [6.07, 6.45) is 1.67. The Labute approximate surface area is 194 Å². The number of nitrogens with zero attached hydrogens (tertiary/aromatic N) is 3. The van der Waals surface area contributed by atoms with Crippen LogP contribution in [0.2, 0.25) is 0 Å². The third-order valence-corrected chi connectivity index (χ3v) is 8.32. The average molecular weight is 488 g/mol. The highest BCUT2D eigenvalue weighted by molar-refractivity contribution is 8.00. The molecule has 0 amide bonds. The van der Waals surface area contributed by atoms with Gasteiger partial charge in [0.15, 0.2) is 5.16 Å². The SMILES string of the molecule is Cc1sc2nc(SCCS(=O)(=O)Oc3ccccc3)n(Cc3ccccn3)c(=O)c2c1C. The van der Waals surface area contributed by atoms with Crippen LogP contribution in [0, 0.1) is 13.8 Å². The standard InChI is InChI=1S/C22H21N3O4S3/c1-15-16(2)31-20-19(15)21(26)25(14-17-8-6-7-11-23-17)22(24-20)30-12-13-32(27,28)29-18-9-4-3-5-10-18/h3-11H,12-14H2,1-2H3. The van der Waals surface area contributed by atoms with Crippen LogP contribution in [0.4, 0.5) is 0 Å². The molecule has 0 aliphatic carbocycles. The lowest BCUT2D eigenvalue weighted by molar-refractivity contribution is 0.488. The van der Waals surface area contributed by atoms with Gasteiger partial charge in [-0.15, -0.1) is 11.3 Å². The number of benzene rings is 1. The molecule has 0 radical (unpaired) electrons. The van der Waals surface area contributed by atoms with E-state index in [9.17, 15) is 13.2 Å². The van der Waals surface area contributed by atoms with Crippen LogP contribution in [-0.4, -0.2) is 34.5 Å². The van der Waals surface area contributed by atoms with Crippen LogP contribution in [0.25, 0.3) is 10.2 Å². The minimum atomic E-state index is -3.78. The summed E-state index contributed by atoms with van der Waals surface area (Å²) in [5.41, 5.74) is 1.50. The second kappa shape index (κ2) is 9.43. The molecule has 0 unspecified atom stereocenters. The summed E-state index contributed by atoms with van der Waals surface area (Å²) in [7, 11) is -3.78. The number of para-hydroxylation sites is 1. The first-order valence-corrected chi connectivity index (χ1v) is 13.2. The van der Waals surface area contributed by atoms with Crippen LogP contribution in [0.3, 0.4) is 0 Å². The molecular weight excluding hydrogens is 466 g/mol. The molecule has 0 fully saturated rings. The van der Waals surface area contributed by atoms with Gasteiger partial charge in [-0.25, -0.2) is 4.98 Å². The number of rotatable bonds is 8. The fourth-order valence-electron chi connectivity index (χ4n) is 3.11. The van der Waals surface area contributed by atoms with Gasteiger partial charge in [0, 0.05) is 16.8 Å². The maximum Gasteiger partial charge on any atom is 0.310 e. The van der Waals surface area contributed by atoms with Crippen molar-refractivity contribution in [1.82, 2.24) is 14.5 Å². The van der Waals surface area contributed by atoms with Crippen molar-refractivity contribution < 1.29 is 12.6 Å². The van der Waals surface area contributed by atoms with Crippen LogP contribution < -0.4 is 9.74 Å². The zero-order valence-electron chi connectivity index (χ0n) is 17.5. The van der Waals surface area contributed by atoms with Gasteiger partial charge in [-0.1, -0.05) is 36.0 Å². The minimum Gasteiger partial charge on any atom is -0.382 e. The smallest absolute Gasteiger partial charge is 0.310 e. The fraction of sp³-hybridized carbons (Fsp3) is 0.227. The molecule has 0 aliphatic rings. The van der Waals surface area contributed by atoms with Crippen molar-refractivity contribution in [3.05, 3.63) is 81.2 Å². The third kappa shape index (κ3) is 5.03. The number of thiophene rings is 1. The Bertz CT molecular complexity index is 1400. The van der Waals surface area contributed by atoms with Crippen molar-refractivity contribution in [2.45, 2.75) is 25.5 Å². The van der Waals surface area contributed by atoms with Crippen molar-refractivity contribution >= 4 is 43.4 Å². The van der Waals surface area contributed by atoms with Gasteiger partial charge < -0.3 is 4.18 Å². The lowest BCUT2D eigenvalue weighted by atomic mass is 10.2. The Morgan fingerprint density at radius 3 is 2.56 bits per heavy atom. The molecule has 0 bridgehead atoms. The normalized spacial score (nSPS) is 11.7. The predicted octanol–water partition coefficient (Wildman–Crippen LogP) is 4.02. The first kappa shape index (κ1) is 22.5. The van der Waals surface area contributed by atoms with Crippen molar-refractivity contribution in [3.8, 4) is 5.75 Å². The lowest BCUT2D eigenvalue weighted by Crippen LogP contribution is -2.25. The van der Waals surface area contributed by atoms with Gasteiger partial charge in [-0.2, -0.15) is 8.42 Å². The Morgan fingerprint density at radius 1 is 1.09 bits per heavy atom. The van der Waals surface area contributed by atoms with E-state index < -0.39 is 10.1 Å². The van der Waals surface area contributed by atoms with Gasteiger partial charge >= 0.3 is 10.1 Å². The molecule has 3 aromatic heterocycles. The van der Waals surface area contributed by atoms with Crippen molar-refractivity contribution in [3.63, 3.8) is 0 Å². The minimum absolute atomic E-state index is 0.145. The topological polar surface area (TPSA) is 91.2 Å². The second-order valence-electron chi connectivity index (χ2n) is 7.08. The quantitative estimate of drug-likeness (QED) is 0.211. The van der Waals surface area contributed by atoms with E-state index >= 15 is 0 Å². The highest BCUT2D eigenvalue weighted by Gasteiger charge is 2.19. The van der Waals surface area contributed by atoms with Crippen molar-refractivity contribution in [2.24, 2.45) is 0 Å². The molecule has 0 saturated carbocycles.